The lowest BCUT2D eigenvalue weighted by Crippen LogP contribution is -2.56. The van der Waals surface area contributed by atoms with Crippen molar-refractivity contribution in [2.75, 3.05) is 6.54 Å². The smallest absolute Gasteiger partial charge is 0.326 e. The molecule has 0 aromatic heterocycles. The van der Waals surface area contributed by atoms with Gasteiger partial charge in [-0.2, -0.15) is 0 Å². The molecule has 4 unspecified atom stereocenters. The highest BCUT2D eigenvalue weighted by Crippen LogP contribution is 2.03. The van der Waals surface area contributed by atoms with Crippen molar-refractivity contribution in [1.82, 2.24) is 16.0 Å². The Bertz CT molecular complexity index is 814. The fraction of sp³-hybridized carbons (Fsp3) is 0.632. The molecule has 0 aliphatic carbocycles. The van der Waals surface area contributed by atoms with Crippen LogP contribution in [0.3, 0.4) is 0 Å². The van der Waals surface area contributed by atoms with Crippen LogP contribution in [0.4, 0.5) is 0 Å². The van der Waals surface area contributed by atoms with Gasteiger partial charge in [-0.15, -0.1) is 0 Å². The number of nitrogens with two attached hydrogens (primary N) is 5. The molecule has 0 spiro atoms. The molecule has 0 saturated carbocycles. The first kappa shape index (κ1) is 31.0. The van der Waals surface area contributed by atoms with Gasteiger partial charge >= 0.3 is 5.97 Å². The largest absolute Gasteiger partial charge is 0.480 e. The summed E-state index contributed by atoms with van der Waals surface area (Å²) in [7, 11) is 0. The molecule has 0 saturated heterocycles. The summed E-state index contributed by atoms with van der Waals surface area (Å²) < 4.78 is 0. The van der Waals surface area contributed by atoms with E-state index < -0.39 is 59.7 Å². The second-order valence-corrected chi connectivity index (χ2v) is 7.76. The molecule has 0 heterocycles. The number of aliphatic carboxylic acids is 1. The van der Waals surface area contributed by atoms with Crippen molar-refractivity contribution < 1.29 is 33.9 Å². The van der Waals surface area contributed by atoms with Crippen LogP contribution in [0.2, 0.25) is 0 Å². The lowest BCUT2D eigenvalue weighted by molar-refractivity contribution is -0.142. The highest BCUT2D eigenvalue weighted by molar-refractivity contribution is 5.94. The summed E-state index contributed by atoms with van der Waals surface area (Å²) in [6, 6.07) is -4.85. The van der Waals surface area contributed by atoms with E-state index in [0.717, 1.165) is 0 Å². The Kier molecular flexibility index (Phi) is 14.0. The minimum absolute atomic E-state index is 0.0375. The van der Waals surface area contributed by atoms with Crippen LogP contribution in [0.15, 0.2) is 4.99 Å². The maximum Gasteiger partial charge on any atom is 0.326 e. The summed E-state index contributed by atoms with van der Waals surface area (Å²) in [6.07, 6.45) is -0.317. The first-order chi connectivity index (χ1) is 16.2. The van der Waals surface area contributed by atoms with Gasteiger partial charge in [-0.3, -0.25) is 29.0 Å². The summed E-state index contributed by atoms with van der Waals surface area (Å²) in [4.78, 5) is 74.4. The second-order valence-electron chi connectivity index (χ2n) is 7.76. The van der Waals surface area contributed by atoms with Crippen LogP contribution < -0.4 is 44.6 Å². The van der Waals surface area contributed by atoms with E-state index >= 15 is 0 Å². The molecule has 14 N–H and O–H groups in total. The third kappa shape index (κ3) is 14.0. The van der Waals surface area contributed by atoms with E-state index in [1.54, 1.807) is 0 Å². The zero-order valence-electron chi connectivity index (χ0n) is 19.5. The van der Waals surface area contributed by atoms with E-state index in [-0.39, 0.29) is 51.0 Å². The van der Waals surface area contributed by atoms with Gasteiger partial charge in [-0.1, -0.05) is 0 Å². The first-order valence-corrected chi connectivity index (χ1v) is 10.8. The van der Waals surface area contributed by atoms with Crippen LogP contribution in [0.25, 0.3) is 0 Å². The van der Waals surface area contributed by atoms with Crippen molar-refractivity contribution in [1.29, 1.82) is 0 Å². The summed E-state index contributed by atoms with van der Waals surface area (Å²) >= 11 is 0. The molecule has 0 aromatic rings. The minimum atomic E-state index is -1.40. The van der Waals surface area contributed by atoms with Crippen molar-refractivity contribution in [3.63, 3.8) is 0 Å². The molecule has 0 aliphatic heterocycles. The maximum absolute atomic E-state index is 12.8. The SMILES string of the molecule is CC(NC(=O)C(CCCN=C(N)N)NC(=O)C(N)CCC(N)=O)C(=O)NC(CCC(N)=O)C(=O)O. The molecular weight excluding hydrogens is 466 g/mol. The Morgan fingerprint density at radius 2 is 1.31 bits per heavy atom. The Morgan fingerprint density at radius 3 is 1.83 bits per heavy atom. The van der Waals surface area contributed by atoms with E-state index in [4.69, 9.17) is 28.7 Å². The van der Waals surface area contributed by atoms with Crippen LogP contribution >= 0.6 is 0 Å². The Labute approximate surface area is 201 Å². The van der Waals surface area contributed by atoms with Gasteiger partial charge in [0.2, 0.25) is 29.5 Å². The fourth-order valence-corrected chi connectivity index (χ4v) is 2.70. The van der Waals surface area contributed by atoms with Crippen molar-refractivity contribution in [3.8, 4) is 0 Å². The number of nitrogens with zero attached hydrogens (tertiary/aromatic N) is 1. The zero-order chi connectivity index (χ0) is 27.1. The van der Waals surface area contributed by atoms with Crippen molar-refractivity contribution in [2.45, 2.75) is 69.6 Å². The lowest BCUT2D eigenvalue weighted by Gasteiger charge is -2.23. The number of guanidine groups is 1. The molecule has 0 aromatic carbocycles. The monoisotopic (exact) mass is 501 g/mol. The van der Waals surface area contributed by atoms with Crippen molar-refractivity contribution in [2.24, 2.45) is 33.7 Å². The van der Waals surface area contributed by atoms with Crippen molar-refractivity contribution in [3.05, 3.63) is 0 Å². The number of carboxylic acid groups (broad SMARTS) is 1. The number of hydrogen-bond acceptors (Lipinski definition) is 8. The van der Waals surface area contributed by atoms with Crippen LogP contribution in [0.1, 0.15) is 45.4 Å². The minimum Gasteiger partial charge on any atom is -0.480 e. The number of carbonyl (C=O) groups is 6. The normalized spacial score (nSPS) is 13.9. The number of amides is 5. The number of nitrogens with one attached hydrogen (secondary N) is 3. The van der Waals surface area contributed by atoms with Crippen LogP contribution in [0, 0.1) is 0 Å². The van der Waals surface area contributed by atoms with Gasteiger partial charge in [0.15, 0.2) is 5.96 Å². The Morgan fingerprint density at radius 1 is 0.771 bits per heavy atom. The molecule has 16 heteroatoms. The summed E-state index contributed by atoms with van der Waals surface area (Å²) in [5.74, 6) is -5.22. The van der Waals surface area contributed by atoms with Gasteiger partial charge in [0, 0.05) is 19.4 Å². The van der Waals surface area contributed by atoms with Gasteiger partial charge < -0.3 is 49.7 Å². The summed E-state index contributed by atoms with van der Waals surface area (Å²) in [6.45, 7) is 1.46. The van der Waals surface area contributed by atoms with E-state index in [0.29, 0.717) is 0 Å². The van der Waals surface area contributed by atoms with E-state index in [9.17, 15) is 33.9 Å². The highest BCUT2D eigenvalue weighted by atomic mass is 16.4. The molecule has 0 fully saturated rings. The maximum atomic E-state index is 12.8. The van der Waals surface area contributed by atoms with Crippen LogP contribution in [-0.2, 0) is 28.8 Å². The molecule has 5 amide bonds. The predicted molar refractivity (Wildman–Crippen MR) is 124 cm³/mol. The Balaban J connectivity index is 5.21. The third-order valence-electron chi connectivity index (χ3n) is 4.66. The molecule has 0 aliphatic rings. The van der Waals surface area contributed by atoms with E-state index in [1.165, 1.54) is 6.92 Å². The molecule has 4 atom stereocenters. The zero-order valence-corrected chi connectivity index (χ0v) is 19.5. The first-order valence-electron chi connectivity index (χ1n) is 10.8. The van der Waals surface area contributed by atoms with Crippen LogP contribution in [0.5, 0.6) is 0 Å². The Hall–Kier alpha value is -3.95. The van der Waals surface area contributed by atoms with E-state index in [1.807, 2.05) is 0 Å². The van der Waals surface area contributed by atoms with Gasteiger partial charge in [0.05, 0.1) is 6.04 Å². The van der Waals surface area contributed by atoms with Crippen molar-refractivity contribution >= 4 is 41.5 Å². The molecule has 0 bridgehead atoms. The predicted octanol–water partition coefficient (Wildman–Crippen LogP) is -4.54. The third-order valence-corrected chi connectivity index (χ3v) is 4.66. The molecule has 198 valence electrons. The topological polar surface area (TPSA) is 301 Å². The van der Waals surface area contributed by atoms with Gasteiger partial charge in [0.25, 0.3) is 0 Å². The molecule has 0 rings (SSSR count). The number of primary amides is 2. The molecular formula is C19H35N9O7. The average molecular weight is 502 g/mol. The van der Waals surface area contributed by atoms with Gasteiger partial charge in [-0.05, 0) is 32.6 Å². The average Bonchev–Trinajstić information content (AvgIpc) is 2.75. The summed E-state index contributed by atoms with van der Waals surface area (Å²) in [5, 5.41) is 16.2. The quantitative estimate of drug-likeness (QED) is 0.0522. The lowest BCUT2D eigenvalue weighted by atomic mass is 10.1. The highest BCUT2D eigenvalue weighted by Gasteiger charge is 2.28. The van der Waals surface area contributed by atoms with Gasteiger partial charge in [0.1, 0.15) is 18.1 Å². The number of hydrogen-bond donors (Lipinski definition) is 9. The molecule has 0 radical (unpaired) electrons. The van der Waals surface area contributed by atoms with Gasteiger partial charge in [-0.25, -0.2) is 4.79 Å². The number of carbonyl (C=O) groups excluding carboxylic acids is 5. The number of rotatable bonds is 17. The molecule has 35 heavy (non-hydrogen) atoms. The second kappa shape index (κ2) is 15.8. The number of carboxylic acids is 1. The van der Waals surface area contributed by atoms with Crippen LogP contribution in [-0.4, -0.2) is 77.3 Å². The molecule has 16 nitrogen and oxygen atoms in total. The summed E-state index contributed by atoms with van der Waals surface area (Å²) in [5.41, 5.74) is 26.3. The van der Waals surface area contributed by atoms with E-state index in [2.05, 4.69) is 20.9 Å². The standard InChI is InChI=1S/C19H35N9O7/c1-9(15(31)28-12(18(34)35)5-7-14(22)30)26-17(33)11(3-2-8-25-19(23)24)27-16(32)10(20)4-6-13(21)29/h9-12H,2-8,20H2,1H3,(H2,21,29)(H2,22,30)(H,26,33)(H,27,32)(H,28,31)(H,34,35)(H4,23,24,25). The number of aliphatic imine (C=N–C) groups is 1. The fourth-order valence-electron chi connectivity index (χ4n) is 2.70.